The van der Waals surface area contributed by atoms with Crippen LogP contribution in [0.15, 0.2) is 12.2 Å². The number of fused-ring (bicyclic) bond motifs is 6. The van der Waals surface area contributed by atoms with Crippen LogP contribution in [0.4, 0.5) is 0 Å². The van der Waals surface area contributed by atoms with Crippen LogP contribution in [0.5, 0.6) is 0 Å². The van der Waals surface area contributed by atoms with E-state index in [2.05, 4.69) is 27.4 Å². The molecule has 0 aromatic carbocycles. The Morgan fingerprint density at radius 3 is 2.52 bits per heavy atom. The molecule has 4 fully saturated rings. The minimum absolute atomic E-state index is 0.000974. The van der Waals surface area contributed by atoms with Gasteiger partial charge in [0.1, 0.15) is 12.6 Å². The Bertz CT molecular complexity index is 683. The van der Waals surface area contributed by atoms with Crippen molar-refractivity contribution in [3.63, 3.8) is 0 Å². The van der Waals surface area contributed by atoms with Crippen LogP contribution in [0.3, 0.4) is 0 Å². The zero-order valence-electron chi connectivity index (χ0n) is 19.0. The van der Waals surface area contributed by atoms with E-state index in [0.717, 1.165) is 31.3 Å². The molecule has 7 atom stereocenters. The molecule has 29 heavy (non-hydrogen) atoms. The van der Waals surface area contributed by atoms with Crippen molar-refractivity contribution in [3.8, 4) is 0 Å². The van der Waals surface area contributed by atoms with Gasteiger partial charge in [-0.1, -0.05) is 27.4 Å². The number of Topliss-reactive ketones (excluding diaryl/α,β-unsaturated/α-hetero) is 1. The number of hydrogen-bond acceptors (Lipinski definition) is 5. The molecule has 0 aromatic heterocycles. The Labute approximate surface area is 175 Å². The molecule has 164 valence electrons. The summed E-state index contributed by atoms with van der Waals surface area (Å²) in [7, 11) is 1.64. The molecule has 0 unspecified atom stereocenters. The standard InChI is InChI=1S/C24H38O5/c1-14-16-12-17-18(25)9-8-15(22(17,2)3)20-21(29-23(4,5)28-20)24(16,6)11-10-19(14)27-13-26-7/h15-17,19-21H,1,8-13H2,2-7H3/t15-,16-,17-,19+,20-,21+,24-/m1/s1. The molecule has 1 heterocycles. The van der Waals surface area contributed by atoms with E-state index >= 15 is 0 Å². The summed E-state index contributed by atoms with van der Waals surface area (Å²) in [4.78, 5) is 13.1. The summed E-state index contributed by atoms with van der Waals surface area (Å²) in [5.41, 5.74) is 0.854. The highest BCUT2D eigenvalue weighted by atomic mass is 16.8. The number of ketones is 1. The first-order valence-electron chi connectivity index (χ1n) is 11.2. The Balaban J connectivity index is 1.77. The second kappa shape index (κ2) is 7.15. The van der Waals surface area contributed by atoms with Crippen molar-refractivity contribution in [2.75, 3.05) is 13.9 Å². The minimum atomic E-state index is -0.606. The van der Waals surface area contributed by atoms with Crippen LogP contribution in [-0.4, -0.2) is 43.8 Å². The Morgan fingerprint density at radius 2 is 1.83 bits per heavy atom. The quantitative estimate of drug-likeness (QED) is 0.510. The average molecular weight is 407 g/mol. The monoisotopic (exact) mass is 406 g/mol. The SMILES string of the molecule is C=C1[C@@H](OCOC)CC[C@]2(C)[C@@H]1C[C@@H]1C(=O)CC[C@H]([C@H]3OC(C)(C)O[C@@H]32)C1(C)C. The van der Waals surface area contributed by atoms with E-state index in [-0.39, 0.29) is 47.8 Å². The number of rotatable bonds is 3. The largest absolute Gasteiger partial charge is 0.359 e. The van der Waals surface area contributed by atoms with Gasteiger partial charge in [0, 0.05) is 24.9 Å². The van der Waals surface area contributed by atoms with E-state index in [1.165, 1.54) is 0 Å². The molecule has 0 spiro atoms. The second-order valence-corrected chi connectivity index (χ2v) is 11.0. The summed E-state index contributed by atoms with van der Waals surface area (Å²) in [6, 6.07) is 0. The summed E-state index contributed by atoms with van der Waals surface area (Å²) >= 11 is 0. The molecule has 0 N–H and O–H groups in total. The van der Waals surface area contributed by atoms with E-state index < -0.39 is 5.79 Å². The molecule has 0 radical (unpaired) electrons. The minimum Gasteiger partial charge on any atom is -0.359 e. The van der Waals surface area contributed by atoms with E-state index in [1.807, 2.05) is 13.8 Å². The third kappa shape index (κ3) is 3.33. The van der Waals surface area contributed by atoms with Crippen molar-refractivity contribution in [2.24, 2.45) is 28.6 Å². The predicted molar refractivity (Wildman–Crippen MR) is 110 cm³/mol. The van der Waals surface area contributed by atoms with Crippen LogP contribution in [0.2, 0.25) is 0 Å². The van der Waals surface area contributed by atoms with Gasteiger partial charge >= 0.3 is 0 Å². The number of hydrogen-bond donors (Lipinski definition) is 0. The van der Waals surface area contributed by atoms with Crippen LogP contribution in [-0.2, 0) is 23.7 Å². The lowest BCUT2D eigenvalue weighted by Gasteiger charge is -2.57. The highest BCUT2D eigenvalue weighted by molar-refractivity contribution is 5.83. The van der Waals surface area contributed by atoms with E-state index in [4.69, 9.17) is 18.9 Å². The first kappa shape index (κ1) is 21.5. The zero-order chi connectivity index (χ0) is 21.2. The van der Waals surface area contributed by atoms with Gasteiger partial charge in [0.2, 0.25) is 0 Å². The van der Waals surface area contributed by atoms with Crippen molar-refractivity contribution in [3.05, 3.63) is 12.2 Å². The molecule has 5 nitrogen and oxygen atoms in total. The van der Waals surface area contributed by atoms with Crippen molar-refractivity contribution in [1.29, 1.82) is 0 Å². The first-order chi connectivity index (χ1) is 13.5. The third-order valence-corrected chi connectivity index (χ3v) is 8.58. The van der Waals surface area contributed by atoms with E-state index in [9.17, 15) is 4.79 Å². The zero-order valence-corrected chi connectivity index (χ0v) is 19.0. The topological polar surface area (TPSA) is 54.0 Å². The number of ether oxygens (including phenoxy) is 4. The molecule has 4 aliphatic rings. The fourth-order valence-electron chi connectivity index (χ4n) is 6.92. The normalized spacial score (nSPS) is 45.9. The smallest absolute Gasteiger partial charge is 0.163 e. The maximum Gasteiger partial charge on any atom is 0.163 e. The Hall–Kier alpha value is -0.750. The van der Waals surface area contributed by atoms with Crippen LogP contribution >= 0.6 is 0 Å². The molecule has 0 aromatic rings. The van der Waals surface area contributed by atoms with Gasteiger partial charge in [-0.25, -0.2) is 0 Å². The molecule has 5 heteroatoms. The average Bonchev–Trinajstić information content (AvgIpc) is 2.95. The van der Waals surface area contributed by atoms with Crippen LogP contribution in [0, 0.1) is 28.6 Å². The van der Waals surface area contributed by atoms with Gasteiger partial charge in [0.15, 0.2) is 5.79 Å². The highest BCUT2D eigenvalue weighted by Gasteiger charge is 2.63. The summed E-state index contributed by atoms with van der Waals surface area (Å²) in [6.45, 7) is 15.7. The van der Waals surface area contributed by atoms with Crippen molar-refractivity contribution in [2.45, 2.75) is 90.8 Å². The van der Waals surface area contributed by atoms with Gasteiger partial charge in [-0.05, 0) is 62.4 Å². The van der Waals surface area contributed by atoms with Gasteiger partial charge in [-0.15, -0.1) is 0 Å². The lowest BCUT2D eigenvalue weighted by molar-refractivity contribution is -0.166. The molecule has 3 saturated carbocycles. The summed E-state index contributed by atoms with van der Waals surface area (Å²) < 4.78 is 24.3. The molecule has 2 bridgehead atoms. The summed E-state index contributed by atoms with van der Waals surface area (Å²) in [5, 5.41) is 0. The van der Waals surface area contributed by atoms with E-state index in [1.54, 1.807) is 7.11 Å². The fourth-order valence-corrected chi connectivity index (χ4v) is 6.92. The molecular weight excluding hydrogens is 368 g/mol. The second-order valence-electron chi connectivity index (χ2n) is 11.0. The number of carbonyl (C=O) groups is 1. The van der Waals surface area contributed by atoms with Gasteiger partial charge in [-0.2, -0.15) is 0 Å². The maximum absolute atomic E-state index is 13.1. The Morgan fingerprint density at radius 1 is 1.10 bits per heavy atom. The van der Waals surface area contributed by atoms with Crippen molar-refractivity contribution in [1.82, 2.24) is 0 Å². The molecule has 1 aliphatic heterocycles. The van der Waals surface area contributed by atoms with Gasteiger partial charge < -0.3 is 18.9 Å². The van der Waals surface area contributed by atoms with Gasteiger partial charge in [0.05, 0.1) is 18.3 Å². The summed E-state index contributed by atoms with van der Waals surface area (Å²) in [5.74, 6) is 0.306. The first-order valence-corrected chi connectivity index (χ1v) is 11.2. The van der Waals surface area contributed by atoms with Crippen molar-refractivity contribution >= 4 is 5.78 Å². The maximum atomic E-state index is 13.1. The molecule has 0 amide bonds. The predicted octanol–water partition coefficient (Wildman–Crippen LogP) is 4.49. The third-order valence-electron chi connectivity index (χ3n) is 8.58. The van der Waals surface area contributed by atoms with Crippen LogP contribution < -0.4 is 0 Å². The van der Waals surface area contributed by atoms with Gasteiger partial charge in [0.25, 0.3) is 0 Å². The Kier molecular flexibility index (Phi) is 5.30. The van der Waals surface area contributed by atoms with Crippen LogP contribution in [0.1, 0.15) is 66.7 Å². The molecule has 1 saturated heterocycles. The number of methoxy groups -OCH3 is 1. The number of carbonyl (C=O) groups excluding carboxylic acids is 1. The van der Waals surface area contributed by atoms with Crippen LogP contribution in [0.25, 0.3) is 0 Å². The van der Waals surface area contributed by atoms with E-state index in [0.29, 0.717) is 18.1 Å². The summed E-state index contributed by atoms with van der Waals surface area (Å²) in [6.07, 6.45) is 4.22. The molecule has 3 aliphatic carbocycles. The molecule has 4 rings (SSSR count). The van der Waals surface area contributed by atoms with Crippen molar-refractivity contribution < 1.29 is 23.7 Å². The lowest BCUT2D eigenvalue weighted by Crippen LogP contribution is -2.59. The lowest BCUT2D eigenvalue weighted by atomic mass is 9.49. The fraction of sp³-hybridized carbons (Fsp3) is 0.875. The highest BCUT2D eigenvalue weighted by Crippen LogP contribution is 2.61. The molecular formula is C24H38O5. The van der Waals surface area contributed by atoms with Gasteiger partial charge in [-0.3, -0.25) is 4.79 Å².